The van der Waals surface area contributed by atoms with Gasteiger partial charge in [-0.15, -0.1) is 11.3 Å². The number of hydrogen-bond acceptors (Lipinski definition) is 3. The van der Waals surface area contributed by atoms with Crippen LogP contribution in [0.2, 0.25) is 0 Å². The SMILES string of the molecule is c1ccc(-c2ccc(N(c3ccc4c(c3)CCc3ccccc3-4)c3cccc4oc5ccccc5c34)c3c2sc2ccccc23)cc1. The summed E-state index contributed by atoms with van der Waals surface area (Å²) in [6.07, 6.45) is 2.08. The molecule has 3 heteroatoms. The van der Waals surface area contributed by atoms with Gasteiger partial charge >= 0.3 is 0 Å². The summed E-state index contributed by atoms with van der Waals surface area (Å²) in [6.45, 7) is 0. The molecule has 2 nitrogen and oxygen atoms in total. The standard InChI is InChI=1S/C44H29NOS/c1-2-11-28(12-3-1)34-25-26-38(43-36-16-7-9-20-41(36)47-44(34)43)45(37-17-10-19-40-42(37)35-15-6-8-18-39(35)46-40)31-23-24-33-30(27-31)22-21-29-13-4-5-14-32(29)33/h1-20,23-27H,21-22H2. The lowest BCUT2D eigenvalue weighted by atomic mass is 9.85. The van der Waals surface area contributed by atoms with Crippen LogP contribution >= 0.6 is 11.3 Å². The fourth-order valence-corrected chi connectivity index (χ4v) is 8.91. The third-order valence-corrected chi connectivity index (χ3v) is 11.0. The summed E-state index contributed by atoms with van der Waals surface area (Å²) in [5.41, 5.74) is 13.3. The molecule has 2 aromatic heterocycles. The van der Waals surface area contributed by atoms with Crippen molar-refractivity contribution >= 4 is 70.5 Å². The molecule has 9 aromatic rings. The normalized spacial score (nSPS) is 12.5. The Bertz CT molecular complexity index is 2640. The first-order chi connectivity index (χ1) is 23.3. The van der Waals surface area contributed by atoms with Gasteiger partial charge in [-0.3, -0.25) is 0 Å². The minimum absolute atomic E-state index is 0.896. The fraction of sp³-hybridized carbons (Fsp3) is 0.0455. The molecule has 0 atom stereocenters. The van der Waals surface area contributed by atoms with Gasteiger partial charge in [-0.05, 0) is 88.7 Å². The first kappa shape index (κ1) is 26.6. The van der Waals surface area contributed by atoms with Crippen molar-refractivity contribution < 1.29 is 4.42 Å². The maximum Gasteiger partial charge on any atom is 0.137 e. The summed E-state index contributed by atoms with van der Waals surface area (Å²) >= 11 is 1.88. The summed E-state index contributed by atoms with van der Waals surface area (Å²) in [5, 5.41) is 4.81. The summed E-state index contributed by atoms with van der Waals surface area (Å²) < 4.78 is 9.03. The van der Waals surface area contributed by atoms with E-state index in [1.54, 1.807) is 0 Å². The van der Waals surface area contributed by atoms with E-state index in [1.807, 2.05) is 17.4 Å². The highest BCUT2D eigenvalue weighted by atomic mass is 32.1. The van der Waals surface area contributed by atoms with E-state index in [4.69, 9.17) is 4.42 Å². The molecule has 0 fully saturated rings. The van der Waals surface area contributed by atoms with Gasteiger partial charge in [0.05, 0.1) is 16.8 Å². The minimum atomic E-state index is 0.896. The van der Waals surface area contributed by atoms with Gasteiger partial charge in [-0.2, -0.15) is 0 Å². The predicted octanol–water partition coefficient (Wildman–Crippen LogP) is 12.9. The molecule has 0 aliphatic heterocycles. The van der Waals surface area contributed by atoms with Gasteiger partial charge in [0, 0.05) is 31.2 Å². The van der Waals surface area contributed by atoms with E-state index in [2.05, 4.69) is 150 Å². The molecule has 10 rings (SSSR count). The Morgan fingerprint density at radius 3 is 2.13 bits per heavy atom. The molecule has 0 amide bonds. The van der Waals surface area contributed by atoms with Crippen molar-refractivity contribution in [3.63, 3.8) is 0 Å². The number of hydrogen-bond donors (Lipinski definition) is 0. The van der Waals surface area contributed by atoms with Crippen molar-refractivity contribution in [1.82, 2.24) is 0 Å². The van der Waals surface area contributed by atoms with Crippen LogP contribution in [0, 0.1) is 0 Å². The largest absolute Gasteiger partial charge is 0.456 e. The monoisotopic (exact) mass is 619 g/mol. The molecule has 1 aliphatic rings. The highest BCUT2D eigenvalue weighted by Crippen LogP contribution is 2.51. The highest BCUT2D eigenvalue weighted by molar-refractivity contribution is 7.26. The van der Waals surface area contributed by atoms with Crippen LogP contribution in [0.15, 0.2) is 156 Å². The van der Waals surface area contributed by atoms with Crippen molar-refractivity contribution in [3.8, 4) is 22.3 Å². The van der Waals surface area contributed by atoms with Gasteiger partial charge in [-0.1, -0.05) is 109 Å². The Balaban J connectivity index is 1.30. The van der Waals surface area contributed by atoms with Gasteiger partial charge in [-0.25, -0.2) is 0 Å². The predicted molar refractivity (Wildman–Crippen MR) is 200 cm³/mol. The molecule has 0 unspecified atom stereocenters. The molecule has 0 saturated carbocycles. The van der Waals surface area contributed by atoms with Crippen LogP contribution in [0.3, 0.4) is 0 Å². The smallest absolute Gasteiger partial charge is 0.137 e. The van der Waals surface area contributed by atoms with Crippen LogP contribution in [0.4, 0.5) is 17.1 Å². The summed E-state index contributed by atoms with van der Waals surface area (Å²) in [6, 6.07) is 55.1. The van der Waals surface area contributed by atoms with E-state index in [9.17, 15) is 0 Å². The van der Waals surface area contributed by atoms with Gasteiger partial charge < -0.3 is 9.32 Å². The van der Waals surface area contributed by atoms with Crippen LogP contribution in [0.5, 0.6) is 0 Å². The van der Waals surface area contributed by atoms with Gasteiger partial charge in [0.2, 0.25) is 0 Å². The maximum absolute atomic E-state index is 6.44. The number of anilines is 3. The van der Waals surface area contributed by atoms with E-state index in [-0.39, 0.29) is 0 Å². The second kappa shape index (κ2) is 10.4. The molecule has 47 heavy (non-hydrogen) atoms. The summed E-state index contributed by atoms with van der Waals surface area (Å²) in [4.78, 5) is 2.49. The second-order valence-electron chi connectivity index (χ2n) is 12.4. The molecular formula is C44H29NOS. The zero-order valence-electron chi connectivity index (χ0n) is 25.6. The molecular weight excluding hydrogens is 591 g/mol. The number of rotatable bonds is 4. The number of benzene rings is 7. The number of aryl methyl sites for hydroxylation is 2. The van der Waals surface area contributed by atoms with E-state index < -0.39 is 0 Å². The van der Waals surface area contributed by atoms with E-state index in [0.717, 1.165) is 46.2 Å². The van der Waals surface area contributed by atoms with Crippen LogP contribution in [-0.2, 0) is 12.8 Å². The Labute approximate surface area is 276 Å². The Morgan fingerprint density at radius 2 is 1.19 bits per heavy atom. The first-order valence-corrected chi connectivity index (χ1v) is 17.0. The van der Waals surface area contributed by atoms with Crippen LogP contribution in [-0.4, -0.2) is 0 Å². The topological polar surface area (TPSA) is 16.4 Å². The quantitative estimate of drug-likeness (QED) is 0.195. The van der Waals surface area contributed by atoms with Crippen molar-refractivity contribution in [3.05, 3.63) is 163 Å². The first-order valence-electron chi connectivity index (χ1n) is 16.2. The maximum atomic E-state index is 6.44. The van der Waals surface area contributed by atoms with Crippen molar-refractivity contribution in [2.45, 2.75) is 12.8 Å². The lowest BCUT2D eigenvalue weighted by Crippen LogP contribution is -2.12. The molecule has 7 aromatic carbocycles. The Morgan fingerprint density at radius 1 is 0.489 bits per heavy atom. The number of para-hydroxylation sites is 1. The second-order valence-corrected chi connectivity index (χ2v) is 13.4. The zero-order valence-corrected chi connectivity index (χ0v) is 26.4. The van der Waals surface area contributed by atoms with Gasteiger partial charge in [0.25, 0.3) is 0 Å². The molecule has 0 radical (unpaired) electrons. The number of fused-ring (bicyclic) bond motifs is 9. The van der Waals surface area contributed by atoms with Gasteiger partial charge in [0.1, 0.15) is 11.2 Å². The van der Waals surface area contributed by atoms with E-state index in [1.165, 1.54) is 59.2 Å². The fourth-order valence-electron chi connectivity index (χ4n) is 7.65. The molecule has 2 heterocycles. The lowest BCUT2D eigenvalue weighted by molar-refractivity contribution is 0.669. The average Bonchev–Trinajstić information content (AvgIpc) is 3.72. The number of thiophene rings is 1. The van der Waals surface area contributed by atoms with Crippen molar-refractivity contribution in [2.75, 3.05) is 4.90 Å². The van der Waals surface area contributed by atoms with Gasteiger partial charge in [0.15, 0.2) is 0 Å². The number of nitrogens with zero attached hydrogens (tertiary/aromatic N) is 1. The Kier molecular flexibility index (Phi) is 5.91. The van der Waals surface area contributed by atoms with Crippen LogP contribution < -0.4 is 4.90 Å². The molecule has 0 N–H and O–H groups in total. The van der Waals surface area contributed by atoms with Crippen LogP contribution in [0.1, 0.15) is 11.1 Å². The van der Waals surface area contributed by atoms with Crippen LogP contribution in [0.25, 0.3) is 64.4 Å². The zero-order chi connectivity index (χ0) is 30.9. The summed E-state index contributed by atoms with van der Waals surface area (Å²) in [7, 11) is 0. The average molecular weight is 620 g/mol. The number of furan rings is 1. The highest BCUT2D eigenvalue weighted by Gasteiger charge is 2.25. The Hall–Kier alpha value is -5.64. The van der Waals surface area contributed by atoms with Crippen molar-refractivity contribution in [2.24, 2.45) is 0 Å². The summed E-state index contributed by atoms with van der Waals surface area (Å²) in [5.74, 6) is 0. The molecule has 0 bridgehead atoms. The minimum Gasteiger partial charge on any atom is -0.456 e. The lowest BCUT2D eigenvalue weighted by Gasteiger charge is -2.29. The molecule has 0 saturated heterocycles. The third kappa shape index (κ3) is 4.10. The van der Waals surface area contributed by atoms with Crippen molar-refractivity contribution in [1.29, 1.82) is 0 Å². The molecule has 222 valence electrons. The van der Waals surface area contributed by atoms with E-state index >= 15 is 0 Å². The molecule has 1 aliphatic carbocycles. The molecule has 0 spiro atoms. The van der Waals surface area contributed by atoms with E-state index in [0.29, 0.717) is 0 Å². The third-order valence-electron chi connectivity index (χ3n) is 9.77.